The predicted octanol–water partition coefficient (Wildman–Crippen LogP) is 9.91. The highest BCUT2D eigenvalue weighted by Crippen LogP contribution is 2.45. The van der Waals surface area contributed by atoms with Crippen LogP contribution < -0.4 is 0 Å². The van der Waals surface area contributed by atoms with Crippen LogP contribution in [0.4, 0.5) is 0 Å². The summed E-state index contributed by atoms with van der Waals surface area (Å²) in [5.41, 5.74) is 1.01. The van der Waals surface area contributed by atoms with E-state index in [1.54, 1.807) is 0 Å². The third-order valence-corrected chi connectivity index (χ3v) is 19.5. The molecule has 0 bridgehead atoms. The Kier molecular flexibility index (Phi) is 16.4. The van der Waals surface area contributed by atoms with Gasteiger partial charge in [-0.05, 0) is 81.2 Å². The maximum atomic E-state index is 10.9. The van der Waals surface area contributed by atoms with E-state index in [9.17, 15) is 4.79 Å². The molecule has 1 aliphatic carbocycles. The predicted molar refractivity (Wildman–Crippen MR) is 192 cm³/mol. The molecule has 0 radical (unpaired) electrons. The fourth-order valence-corrected chi connectivity index (χ4v) is 11.3. The van der Waals surface area contributed by atoms with Crippen LogP contribution >= 0.6 is 0 Å². The molecule has 3 atom stereocenters. The Hall–Kier alpha value is -1.16. The van der Waals surface area contributed by atoms with Gasteiger partial charge in [0.2, 0.25) is 8.32 Å². The van der Waals surface area contributed by atoms with Crippen LogP contribution in [0.2, 0.25) is 55.9 Å². The molecule has 0 aliphatic heterocycles. The number of hydrogen-bond donors (Lipinski definition) is 1. The molecule has 1 rings (SSSR count). The summed E-state index contributed by atoms with van der Waals surface area (Å²) in [5, 5.41) is 8.97. The fourth-order valence-electron chi connectivity index (χ4n) is 5.66. The van der Waals surface area contributed by atoms with Crippen molar-refractivity contribution in [3.8, 4) is 11.8 Å². The largest absolute Gasteiger partial charge is 0.546 e. The van der Waals surface area contributed by atoms with Crippen LogP contribution in [-0.4, -0.2) is 60.9 Å². The molecule has 9 heteroatoms. The first kappa shape index (κ1) is 40.9. The molecule has 0 heterocycles. The summed E-state index contributed by atoms with van der Waals surface area (Å²) in [6, 6.07) is 3.29. The molecule has 254 valence electrons. The molecule has 3 unspecified atom stereocenters. The van der Waals surface area contributed by atoms with Crippen molar-refractivity contribution in [2.24, 2.45) is 5.92 Å². The Morgan fingerprint density at radius 3 is 2.11 bits per heavy atom. The van der Waals surface area contributed by atoms with Gasteiger partial charge in [0, 0.05) is 18.8 Å². The number of carboxylic acids is 1. The van der Waals surface area contributed by atoms with Gasteiger partial charge in [-0.25, -0.2) is 4.79 Å². The molecule has 0 aromatic heterocycles. The summed E-state index contributed by atoms with van der Waals surface area (Å²) in [6.07, 6.45) is 10.2. The van der Waals surface area contributed by atoms with Crippen LogP contribution in [0.25, 0.3) is 0 Å². The lowest BCUT2D eigenvalue weighted by Crippen LogP contribution is -2.42. The van der Waals surface area contributed by atoms with E-state index in [0.29, 0.717) is 6.42 Å². The van der Waals surface area contributed by atoms with Crippen molar-refractivity contribution < 1.29 is 27.9 Å². The molecule has 0 amide bonds. The Balaban J connectivity index is 3.59. The SMILES string of the molecule is CCCCC(C)(C/C=C/C1C(CC#CCOCC(=O)O)=C(O[Si](C)(C)C(C)(C)C)CC1O[Si](CC)(CC)CC)O[Si](C)(C)C. The zero-order valence-corrected chi connectivity index (χ0v) is 33.6. The molecular weight excluding hydrogens is 601 g/mol. The summed E-state index contributed by atoms with van der Waals surface area (Å²) in [4.78, 5) is 10.9. The van der Waals surface area contributed by atoms with Gasteiger partial charge in [-0.2, -0.15) is 0 Å². The second kappa shape index (κ2) is 17.7. The Labute approximate surface area is 274 Å². The second-order valence-corrected chi connectivity index (χ2v) is 29.1. The molecule has 1 aliphatic rings. The van der Waals surface area contributed by atoms with Gasteiger partial charge in [-0.15, -0.1) is 0 Å². The van der Waals surface area contributed by atoms with Crippen LogP contribution in [0.15, 0.2) is 23.5 Å². The van der Waals surface area contributed by atoms with Gasteiger partial charge in [0.05, 0.1) is 17.5 Å². The van der Waals surface area contributed by atoms with Gasteiger partial charge in [0.1, 0.15) is 13.2 Å². The first-order valence-electron chi connectivity index (χ1n) is 17.0. The van der Waals surface area contributed by atoms with E-state index in [1.807, 2.05) is 0 Å². The minimum Gasteiger partial charge on any atom is -0.546 e. The van der Waals surface area contributed by atoms with E-state index in [2.05, 4.69) is 112 Å². The average Bonchev–Trinajstić information content (AvgIpc) is 3.20. The van der Waals surface area contributed by atoms with Crippen LogP contribution in [0.3, 0.4) is 0 Å². The fraction of sp³-hybridized carbons (Fsp3) is 0.800. The van der Waals surface area contributed by atoms with Crippen LogP contribution in [0.5, 0.6) is 0 Å². The third-order valence-electron chi connectivity index (χ3n) is 9.38. The highest BCUT2D eigenvalue weighted by atomic mass is 28.4. The number of hydrogen-bond acceptors (Lipinski definition) is 5. The van der Waals surface area contributed by atoms with Crippen LogP contribution in [0.1, 0.15) is 93.9 Å². The van der Waals surface area contributed by atoms with E-state index < -0.39 is 30.9 Å². The molecular formula is C35H66O6Si3. The molecule has 44 heavy (non-hydrogen) atoms. The van der Waals surface area contributed by atoms with E-state index >= 15 is 0 Å². The average molecular weight is 667 g/mol. The topological polar surface area (TPSA) is 74.2 Å². The third kappa shape index (κ3) is 13.3. The highest BCUT2D eigenvalue weighted by molar-refractivity contribution is 6.74. The quantitative estimate of drug-likeness (QED) is 0.0640. The Morgan fingerprint density at radius 1 is 1.00 bits per heavy atom. The van der Waals surface area contributed by atoms with Crippen molar-refractivity contribution in [3.05, 3.63) is 23.5 Å². The van der Waals surface area contributed by atoms with Crippen molar-refractivity contribution in [2.45, 2.75) is 162 Å². The monoisotopic (exact) mass is 666 g/mol. The van der Waals surface area contributed by atoms with Crippen LogP contribution in [0, 0.1) is 17.8 Å². The molecule has 6 nitrogen and oxygen atoms in total. The number of carbonyl (C=O) groups is 1. The minimum atomic E-state index is -2.11. The summed E-state index contributed by atoms with van der Waals surface area (Å²) in [6.45, 7) is 29.4. The molecule has 0 spiro atoms. The highest BCUT2D eigenvalue weighted by Gasteiger charge is 2.45. The minimum absolute atomic E-state index is 0.0254. The number of rotatable bonds is 19. The van der Waals surface area contributed by atoms with Gasteiger partial charge in [0.25, 0.3) is 0 Å². The normalized spacial score (nSPS) is 19.7. The van der Waals surface area contributed by atoms with Crippen molar-refractivity contribution in [3.63, 3.8) is 0 Å². The zero-order chi connectivity index (χ0) is 33.8. The summed E-state index contributed by atoms with van der Waals surface area (Å²) >= 11 is 0. The lowest BCUT2D eigenvalue weighted by molar-refractivity contribution is -0.141. The Morgan fingerprint density at radius 2 is 1.61 bits per heavy atom. The number of unbranched alkanes of at least 4 members (excludes halogenated alkanes) is 1. The van der Waals surface area contributed by atoms with Gasteiger partial charge < -0.3 is 23.1 Å². The maximum Gasteiger partial charge on any atom is 0.329 e. The van der Waals surface area contributed by atoms with Gasteiger partial charge >= 0.3 is 5.97 Å². The molecule has 0 aromatic rings. The molecule has 0 aromatic carbocycles. The molecule has 0 saturated carbocycles. The first-order valence-corrected chi connectivity index (χ1v) is 25.8. The first-order chi connectivity index (χ1) is 20.3. The summed E-state index contributed by atoms with van der Waals surface area (Å²) in [5.74, 6) is 6.47. The zero-order valence-electron chi connectivity index (χ0n) is 30.6. The summed E-state index contributed by atoms with van der Waals surface area (Å²) in [7, 11) is -5.74. The van der Waals surface area contributed by atoms with E-state index in [4.69, 9.17) is 23.1 Å². The second-order valence-electron chi connectivity index (χ2n) is 15.3. The molecule has 0 saturated heterocycles. The van der Waals surface area contributed by atoms with Crippen LogP contribution in [-0.2, 0) is 22.8 Å². The van der Waals surface area contributed by atoms with Crippen molar-refractivity contribution in [2.75, 3.05) is 13.2 Å². The van der Waals surface area contributed by atoms with Crippen molar-refractivity contribution in [1.82, 2.24) is 0 Å². The number of carboxylic acid groups (broad SMARTS) is 1. The number of aliphatic carboxylic acids is 1. The van der Waals surface area contributed by atoms with Crippen molar-refractivity contribution >= 4 is 30.9 Å². The maximum absolute atomic E-state index is 10.9. The molecule has 1 N–H and O–H groups in total. The van der Waals surface area contributed by atoms with E-state index in [0.717, 1.165) is 56.0 Å². The standard InChI is InChI=1S/C35H66O6Si3/c1-14-18-24-35(8,41-42(9,10)11)25-21-23-30-29(22-19-20-26-38-28-33(36)37)31(39-43(12,13)34(5,6)7)27-32(30)40-44(15-2,16-3)17-4/h21,23,30,32H,14-18,22,24-28H2,1-13H3,(H,36,37)/b23-21+. The van der Waals surface area contributed by atoms with Gasteiger partial charge in [-0.3, -0.25) is 0 Å². The molecule has 0 fully saturated rings. The lowest BCUT2D eigenvalue weighted by atomic mass is 9.92. The lowest BCUT2D eigenvalue weighted by Gasteiger charge is -2.37. The van der Waals surface area contributed by atoms with E-state index in [-0.39, 0.29) is 35.9 Å². The van der Waals surface area contributed by atoms with Gasteiger partial charge in [-0.1, -0.05) is 85.3 Å². The van der Waals surface area contributed by atoms with E-state index in [1.165, 1.54) is 5.57 Å². The summed E-state index contributed by atoms with van der Waals surface area (Å²) < 4.78 is 26.3. The Bertz CT molecular complexity index is 1020. The van der Waals surface area contributed by atoms with Crippen molar-refractivity contribution in [1.29, 1.82) is 0 Å². The number of ether oxygens (including phenoxy) is 1. The van der Waals surface area contributed by atoms with Gasteiger partial charge in [0.15, 0.2) is 16.6 Å². The smallest absolute Gasteiger partial charge is 0.329 e.